The summed E-state index contributed by atoms with van der Waals surface area (Å²) < 4.78 is 1.83. The average molecular weight is 380 g/mol. The number of carbonyl (C=O) groups excluding carboxylic acids is 1. The van der Waals surface area contributed by atoms with Gasteiger partial charge in [-0.05, 0) is 69.5 Å². The molecule has 0 unspecified atom stereocenters. The molecule has 6 heteroatoms. The van der Waals surface area contributed by atoms with Crippen LogP contribution in [0.5, 0.6) is 5.75 Å². The summed E-state index contributed by atoms with van der Waals surface area (Å²) in [5, 5.41) is 14.5. The second kappa shape index (κ2) is 6.62. The molecule has 4 fully saturated rings. The van der Waals surface area contributed by atoms with Crippen molar-refractivity contribution in [1.82, 2.24) is 19.6 Å². The lowest BCUT2D eigenvalue weighted by atomic mass is 9.75. The zero-order valence-corrected chi connectivity index (χ0v) is 16.6. The molecule has 4 aliphatic heterocycles. The summed E-state index contributed by atoms with van der Waals surface area (Å²) in [6, 6.07) is 10.1. The van der Waals surface area contributed by atoms with Crippen molar-refractivity contribution in [1.29, 1.82) is 0 Å². The number of aromatic nitrogens is 2. The van der Waals surface area contributed by atoms with Crippen molar-refractivity contribution in [2.45, 2.75) is 51.2 Å². The van der Waals surface area contributed by atoms with E-state index in [-0.39, 0.29) is 17.9 Å². The van der Waals surface area contributed by atoms with Gasteiger partial charge in [0.2, 0.25) is 0 Å². The maximum atomic E-state index is 13.6. The van der Waals surface area contributed by atoms with E-state index >= 15 is 0 Å². The van der Waals surface area contributed by atoms with Crippen LogP contribution in [0.4, 0.5) is 0 Å². The first-order valence-electron chi connectivity index (χ1n) is 10.4. The standard InChI is InChI=1S/C22H28N4O2/c1-3-26-19(11-14(2)23-26)22(28)25-13-18(16-5-4-6-17(27)12-16)21-20(25)15-7-9-24(21)10-8-15/h4-6,11-12,15,18,20-21,27H,3,7-10,13H2,1-2H3/t18-,20+,21+/m0/s1. The van der Waals surface area contributed by atoms with Gasteiger partial charge in [-0.15, -0.1) is 0 Å². The highest BCUT2D eigenvalue weighted by atomic mass is 16.3. The molecular formula is C22H28N4O2. The first-order chi connectivity index (χ1) is 13.6. The summed E-state index contributed by atoms with van der Waals surface area (Å²) >= 11 is 0. The van der Waals surface area contributed by atoms with Gasteiger partial charge in [0.15, 0.2) is 0 Å². The third kappa shape index (κ3) is 2.65. The lowest BCUT2D eigenvalue weighted by molar-refractivity contribution is -0.00376. The molecule has 1 amide bonds. The number of likely N-dealkylation sites (tertiary alicyclic amines) is 1. The molecule has 1 N–H and O–H groups in total. The van der Waals surface area contributed by atoms with E-state index in [0.717, 1.165) is 24.3 Å². The average Bonchev–Trinajstić information content (AvgIpc) is 3.30. The lowest BCUT2D eigenvalue weighted by Gasteiger charge is -2.51. The number of phenolic OH excluding ortho intramolecular Hbond substituents is 1. The summed E-state index contributed by atoms with van der Waals surface area (Å²) in [5.74, 6) is 1.21. The summed E-state index contributed by atoms with van der Waals surface area (Å²) in [4.78, 5) is 18.3. The fourth-order valence-corrected chi connectivity index (χ4v) is 5.81. The van der Waals surface area contributed by atoms with Gasteiger partial charge in [0.25, 0.3) is 5.91 Å². The van der Waals surface area contributed by atoms with Crippen LogP contribution in [0.25, 0.3) is 0 Å². The van der Waals surface area contributed by atoms with Gasteiger partial charge in [-0.2, -0.15) is 5.10 Å². The molecule has 4 saturated heterocycles. The Hall–Kier alpha value is -2.34. The number of carbonyl (C=O) groups is 1. The predicted molar refractivity (Wildman–Crippen MR) is 106 cm³/mol. The normalized spacial score (nSPS) is 31.2. The van der Waals surface area contributed by atoms with Crippen LogP contribution in [-0.2, 0) is 6.54 Å². The molecule has 2 aromatic rings. The Morgan fingerprint density at radius 1 is 1.21 bits per heavy atom. The molecule has 6 nitrogen and oxygen atoms in total. The van der Waals surface area contributed by atoms with Crippen molar-refractivity contribution >= 4 is 5.91 Å². The van der Waals surface area contributed by atoms with Gasteiger partial charge in [-0.25, -0.2) is 0 Å². The molecule has 1 aromatic heterocycles. The second-order valence-electron chi connectivity index (χ2n) is 8.50. The van der Waals surface area contributed by atoms with Crippen LogP contribution in [-0.4, -0.2) is 62.3 Å². The number of phenols is 1. The van der Waals surface area contributed by atoms with Crippen molar-refractivity contribution in [3.05, 3.63) is 47.3 Å². The Kier molecular flexibility index (Phi) is 4.19. The van der Waals surface area contributed by atoms with Gasteiger partial charge < -0.3 is 10.0 Å². The maximum Gasteiger partial charge on any atom is 0.272 e. The lowest BCUT2D eigenvalue weighted by Crippen LogP contribution is -2.60. The van der Waals surface area contributed by atoms with Gasteiger partial charge in [-0.1, -0.05) is 12.1 Å². The Balaban J connectivity index is 1.54. The number of piperidine rings is 3. The number of nitrogens with zero attached hydrogens (tertiary/aromatic N) is 4. The van der Waals surface area contributed by atoms with E-state index in [1.54, 1.807) is 6.07 Å². The minimum Gasteiger partial charge on any atom is -0.508 e. The summed E-state index contributed by atoms with van der Waals surface area (Å²) in [5.41, 5.74) is 2.73. The Morgan fingerprint density at radius 3 is 2.71 bits per heavy atom. The van der Waals surface area contributed by atoms with E-state index in [2.05, 4.69) is 21.0 Å². The number of aryl methyl sites for hydroxylation is 2. The number of aromatic hydroxyl groups is 1. The highest BCUT2D eigenvalue weighted by molar-refractivity contribution is 5.93. The molecule has 1 aromatic carbocycles. The number of amides is 1. The first kappa shape index (κ1) is 17.7. The highest BCUT2D eigenvalue weighted by Crippen LogP contribution is 2.47. The smallest absolute Gasteiger partial charge is 0.272 e. The van der Waals surface area contributed by atoms with Crippen LogP contribution < -0.4 is 0 Å². The van der Waals surface area contributed by atoms with Gasteiger partial charge >= 0.3 is 0 Å². The predicted octanol–water partition coefficient (Wildman–Crippen LogP) is 2.62. The van der Waals surface area contributed by atoms with Crippen LogP contribution in [0, 0.1) is 12.8 Å². The Morgan fingerprint density at radius 2 is 2.00 bits per heavy atom. The van der Waals surface area contributed by atoms with Crippen LogP contribution in [0.3, 0.4) is 0 Å². The summed E-state index contributed by atoms with van der Waals surface area (Å²) in [6.45, 7) is 7.62. The molecule has 6 rings (SSSR count). The molecule has 5 heterocycles. The summed E-state index contributed by atoms with van der Waals surface area (Å²) in [6.07, 6.45) is 2.34. The molecule has 2 bridgehead atoms. The van der Waals surface area contributed by atoms with E-state index in [1.165, 1.54) is 12.8 Å². The highest BCUT2D eigenvalue weighted by Gasteiger charge is 2.55. The van der Waals surface area contributed by atoms with E-state index in [9.17, 15) is 9.90 Å². The molecule has 28 heavy (non-hydrogen) atoms. The van der Waals surface area contributed by atoms with Crippen LogP contribution in [0.1, 0.15) is 47.4 Å². The molecule has 0 radical (unpaired) electrons. The molecular weight excluding hydrogens is 352 g/mol. The van der Waals surface area contributed by atoms with Crippen LogP contribution in [0.15, 0.2) is 30.3 Å². The minimum absolute atomic E-state index is 0.105. The maximum absolute atomic E-state index is 13.6. The Bertz CT molecular complexity index is 900. The molecule has 0 aliphatic carbocycles. The van der Waals surface area contributed by atoms with Gasteiger partial charge in [-0.3, -0.25) is 14.4 Å². The van der Waals surface area contributed by atoms with Crippen molar-refractivity contribution in [2.24, 2.45) is 5.92 Å². The number of rotatable bonds is 3. The van der Waals surface area contributed by atoms with Crippen LogP contribution >= 0.6 is 0 Å². The largest absolute Gasteiger partial charge is 0.508 e. The van der Waals surface area contributed by atoms with E-state index < -0.39 is 0 Å². The van der Waals surface area contributed by atoms with Crippen molar-refractivity contribution in [2.75, 3.05) is 19.6 Å². The van der Waals surface area contributed by atoms with E-state index in [1.807, 2.05) is 36.7 Å². The number of fused-ring (bicyclic) bond motifs is 2. The molecule has 0 saturated carbocycles. The Labute approximate surface area is 165 Å². The molecule has 148 valence electrons. The van der Waals surface area contributed by atoms with Crippen LogP contribution in [0.2, 0.25) is 0 Å². The van der Waals surface area contributed by atoms with E-state index in [4.69, 9.17) is 0 Å². The van der Waals surface area contributed by atoms with Gasteiger partial charge in [0.05, 0.1) is 11.7 Å². The SMILES string of the molecule is CCn1nc(C)cc1C(=O)N1C[C@@H](c2cccc(O)c2)[C@@H]2[C@H]1C1CCN2CC1. The monoisotopic (exact) mass is 380 g/mol. The molecule has 3 atom stereocenters. The quantitative estimate of drug-likeness (QED) is 0.889. The fraction of sp³-hybridized carbons (Fsp3) is 0.545. The van der Waals surface area contributed by atoms with Crippen molar-refractivity contribution < 1.29 is 9.90 Å². The summed E-state index contributed by atoms with van der Waals surface area (Å²) in [7, 11) is 0. The third-order valence-electron chi connectivity index (χ3n) is 6.97. The van der Waals surface area contributed by atoms with Gasteiger partial charge in [0.1, 0.15) is 11.4 Å². The number of benzene rings is 1. The molecule has 4 aliphatic rings. The zero-order chi connectivity index (χ0) is 19.4. The van der Waals surface area contributed by atoms with Gasteiger partial charge in [0, 0.05) is 25.0 Å². The second-order valence-corrected chi connectivity index (χ2v) is 8.50. The topological polar surface area (TPSA) is 61.6 Å². The number of hydrogen-bond acceptors (Lipinski definition) is 4. The van der Waals surface area contributed by atoms with Crippen molar-refractivity contribution in [3.63, 3.8) is 0 Å². The fourth-order valence-electron chi connectivity index (χ4n) is 5.81. The van der Waals surface area contributed by atoms with E-state index in [0.29, 0.717) is 36.5 Å². The first-order valence-corrected chi connectivity index (χ1v) is 10.4. The minimum atomic E-state index is 0.105. The third-order valence-corrected chi connectivity index (χ3v) is 6.97. The van der Waals surface area contributed by atoms with Crippen molar-refractivity contribution in [3.8, 4) is 5.75 Å². The zero-order valence-electron chi connectivity index (χ0n) is 16.6. The molecule has 0 spiro atoms. The number of hydrogen-bond donors (Lipinski definition) is 1.